The van der Waals surface area contributed by atoms with Gasteiger partial charge in [-0.15, -0.1) is 11.3 Å². The van der Waals surface area contributed by atoms with Crippen molar-refractivity contribution in [1.82, 2.24) is 14.6 Å². The summed E-state index contributed by atoms with van der Waals surface area (Å²) < 4.78 is 6.81. The molecule has 4 aromatic rings. The summed E-state index contributed by atoms with van der Waals surface area (Å²) in [6.07, 6.45) is 1.52. The van der Waals surface area contributed by atoms with Gasteiger partial charge in [0.2, 0.25) is 4.96 Å². The van der Waals surface area contributed by atoms with Gasteiger partial charge in [-0.1, -0.05) is 29.5 Å². The minimum absolute atomic E-state index is 0.504. The Labute approximate surface area is 146 Å². The van der Waals surface area contributed by atoms with Gasteiger partial charge >= 0.3 is 0 Å². The molecule has 24 heavy (non-hydrogen) atoms. The summed E-state index contributed by atoms with van der Waals surface area (Å²) in [5.74, 6) is 0.830. The number of ether oxygens (including phenoxy) is 1. The molecule has 0 aliphatic rings. The molecule has 0 amide bonds. The highest BCUT2D eigenvalue weighted by Gasteiger charge is 2.18. The quantitative estimate of drug-likeness (QED) is 0.509. The van der Waals surface area contributed by atoms with E-state index < -0.39 is 0 Å². The molecule has 5 nitrogen and oxygen atoms in total. The molecule has 0 aliphatic heterocycles. The molecule has 0 saturated carbocycles. The molecule has 3 aromatic heterocycles. The monoisotopic (exact) mass is 355 g/mol. The zero-order chi connectivity index (χ0) is 16.5. The van der Waals surface area contributed by atoms with Crippen LogP contribution in [0.3, 0.4) is 0 Å². The van der Waals surface area contributed by atoms with Crippen LogP contribution in [-0.4, -0.2) is 28.0 Å². The van der Waals surface area contributed by atoms with Gasteiger partial charge in [0.15, 0.2) is 6.29 Å². The Hall–Kier alpha value is -2.51. The Balaban J connectivity index is 1.68. The minimum atomic E-state index is 0.504. The fourth-order valence-electron chi connectivity index (χ4n) is 2.49. The third kappa shape index (κ3) is 2.61. The smallest absolute Gasteiger partial charge is 0.213 e. The highest BCUT2D eigenvalue weighted by molar-refractivity contribution is 7.16. The predicted molar refractivity (Wildman–Crippen MR) is 95.4 cm³/mol. The van der Waals surface area contributed by atoms with Crippen molar-refractivity contribution in [2.45, 2.75) is 6.42 Å². The fourth-order valence-corrected chi connectivity index (χ4v) is 4.15. The summed E-state index contributed by atoms with van der Waals surface area (Å²) >= 11 is 3.07. The van der Waals surface area contributed by atoms with Crippen LogP contribution >= 0.6 is 22.7 Å². The van der Waals surface area contributed by atoms with E-state index in [-0.39, 0.29) is 0 Å². The zero-order valence-electron chi connectivity index (χ0n) is 12.8. The van der Waals surface area contributed by atoms with Crippen molar-refractivity contribution < 1.29 is 9.53 Å². The van der Waals surface area contributed by atoms with E-state index in [1.54, 1.807) is 23.0 Å². The van der Waals surface area contributed by atoms with Crippen LogP contribution in [0.4, 0.5) is 0 Å². The zero-order valence-corrected chi connectivity index (χ0v) is 14.4. The van der Waals surface area contributed by atoms with Crippen molar-refractivity contribution in [2.24, 2.45) is 0 Å². The van der Waals surface area contributed by atoms with Gasteiger partial charge in [-0.2, -0.15) is 9.61 Å². The second-order valence-electron chi connectivity index (χ2n) is 5.16. The molecule has 7 heteroatoms. The van der Waals surface area contributed by atoms with Crippen molar-refractivity contribution in [3.63, 3.8) is 0 Å². The lowest BCUT2D eigenvalue weighted by Gasteiger charge is -2.01. The van der Waals surface area contributed by atoms with E-state index in [4.69, 9.17) is 4.74 Å². The van der Waals surface area contributed by atoms with Crippen molar-refractivity contribution in [3.8, 4) is 16.3 Å². The number of carbonyl (C=O) groups is 1. The first-order valence-electron chi connectivity index (χ1n) is 7.29. The molecule has 1 aromatic carbocycles. The molecule has 0 spiro atoms. The minimum Gasteiger partial charge on any atom is -0.497 e. The van der Waals surface area contributed by atoms with Crippen molar-refractivity contribution in [1.29, 1.82) is 0 Å². The number of hydrogen-bond acceptors (Lipinski definition) is 6. The number of carbonyl (C=O) groups excluding carboxylic acids is 1. The van der Waals surface area contributed by atoms with Crippen molar-refractivity contribution >= 4 is 33.9 Å². The summed E-state index contributed by atoms with van der Waals surface area (Å²) in [5, 5.41) is 7.46. The van der Waals surface area contributed by atoms with E-state index in [0.29, 0.717) is 17.8 Å². The lowest BCUT2D eigenvalue weighted by atomic mass is 10.1. The molecule has 120 valence electrons. The van der Waals surface area contributed by atoms with Crippen LogP contribution in [0, 0.1) is 0 Å². The second kappa shape index (κ2) is 6.18. The summed E-state index contributed by atoms with van der Waals surface area (Å²) in [4.78, 5) is 17.8. The Morgan fingerprint density at radius 1 is 1.25 bits per heavy atom. The van der Waals surface area contributed by atoms with Gasteiger partial charge in [0.05, 0.1) is 12.0 Å². The van der Waals surface area contributed by atoms with Crippen LogP contribution in [0.15, 0.2) is 41.8 Å². The Bertz CT molecular complexity index is 985. The van der Waals surface area contributed by atoms with E-state index in [0.717, 1.165) is 32.4 Å². The van der Waals surface area contributed by atoms with E-state index in [2.05, 4.69) is 10.1 Å². The van der Waals surface area contributed by atoms with Gasteiger partial charge < -0.3 is 4.74 Å². The molecule has 0 saturated heterocycles. The topological polar surface area (TPSA) is 56.5 Å². The summed E-state index contributed by atoms with van der Waals surface area (Å²) in [5.41, 5.74) is 2.35. The van der Waals surface area contributed by atoms with E-state index in [1.807, 2.05) is 41.8 Å². The molecular formula is C17H13N3O2S2. The van der Waals surface area contributed by atoms with Gasteiger partial charge in [0, 0.05) is 6.42 Å². The third-order valence-corrected chi connectivity index (χ3v) is 5.45. The Morgan fingerprint density at radius 2 is 2.08 bits per heavy atom. The number of methoxy groups -OCH3 is 1. The van der Waals surface area contributed by atoms with Crippen LogP contribution in [0.1, 0.15) is 21.1 Å². The first-order chi connectivity index (χ1) is 11.8. The second-order valence-corrected chi connectivity index (χ2v) is 7.14. The van der Waals surface area contributed by atoms with Crippen LogP contribution in [0.2, 0.25) is 0 Å². The van der Waals surface area contributed by atoms with Gasteiger partial charge in [-0.3, -0.25) is 4.79 Å². The standard InChI is InChI=1S/C17H13N3O2S2/c1-22-12-6-4-11(5-7-12)9-15-19-20-13(10-21)16(18-17(20)24-15)14-3-2-8-23-14/h2-8,10H,9H2,1H3. The number of aromatic nitrogens is 3. The third-order valence-electron chi connectivity index (χ3n) is 3.66. The molecule has 0 atom stereocenters. The first kappa shape index (κ1) is 15.0. The van der Waals surface area contributed by atoms with Gasteiger partial charge in [-0.05, 0) is 29.1 Å². The van der Waals surface area contributed by atoms with Crippen LogP contribution < -0.4 is 4.74 Å². The van der Waals surface area contributed by atoms with Gasteiger partial charge in [0.1, 0.15) is 22.1 Å². The predicted octanol–water partition coefficient (Wildman–Crippen LogP) is 3.93. The fraction of sp³-hybridized carbons (Fsp3) is 0.118. The molecule has 0 unspecified atom stereocenters. The molecule has 0 fully saturated rings. The highest BCUT2D eigenvalue weighted by atomic mass is 32.1. The van der Waals surface area contributed by atoms with Gasteiger partial charge in [0.25, 0.3) is 0 Å². The lowest BCUT2D eigenvalue weighted by Crippen LogP contribution is -1.95. The largest absolute Gasteiger partial charge is 0.497 e. The molecule has 0 radical (unpaired) electrons. The number of aldehydes is 1. The van der Waals surface area contributed by atoms with Crippen LogP contribution in [0.25, 0.3) is 15.5 Å². The lowest BCUT2D eigenvalue weighted by molar-refractivity contribution is 0.111. The number of benzene rings is 1. The number of rotatable bonds is 5. The number of thiophene rings is 1. The number of hydrogen-bond donors (Lipinski definition) is 0. The van der Waals surface area contributed by atoms with Crippen LogP contribution in [0.5, 0.6) is 5.75 Å². The molecule has 0 aliphatic carbocycles. The van der Waals surface area contributed by atoms with Crippen LogP contribution in [-0.2, 0) is 6.42 Å². The highest BCUT2D eigenvalue weighted by Crippen LogP contribution is 2.29. The molecule has 0 N–H and O–H groups in total. The van der Waals surface area contributed by atoms with E-state index >= 15 is 0 Å². The summed E-state index contributed by atoms with van der Waals surface area (Å²) in [7, 11) is 1.65. The maximum atomic E-state index is 11.5. The summed E-state index contributed by atoms with van der Waals surface area (Å²) in [6, 6.07) is 11.8. The van der Waals surface area contributed by atoms with Gasteiger partial charge in [-0.25, -0.2) is 4.98 Å². The van der Waals surface area contributed by atoms with E-state index in [9.17, 15) is 4.79 Å². The normalized spacial score (nSPS) is 11.0. The Morgan fingerprint density at radius 3 is 2.75 bits per heavy atom. The molecule has 3 heterocycles. The molecular weight excluding hydrogens is 342 g/mol. The van der Waals surface area contributed by atoms with Crippen molar-refractivity contribution in [2.75, 3.05) is 7.11 Å². The van der Waals surface area contributed by atoms with Crippen molar-refractivity contribution in [3.05, 3.63) is 58.0 Å². The molecule has 0 bridgehead atoms. The number of imidazole rings is 1. The maximum Gasteiger partial charge on any atom is 0.213 e. The Kier molecular flexibility index (Phi) is 3.87. The number of nitrogens with zero attached hydrogens (tertiary/aromatic N) is 3. The maximum absolute atomic E-state index is 11.5. The summed E-state index contributed by atoms with van der Waals surface area (Å²) in [6.45, 7) is 0. The van der Waals surface area contributed by atoms with E-state index in [1.165, 1.54) is 11.3 Å². The number of fused-ring (bicyclic) bond motifs is 1. The average Bonchev–Trinajstić information content (AvgIpc) is 3.30. The average molecular weight is 355 g/mol. The SMILES string of the molecule is COc1ccc(Cc2nn3c(C=O)c(-c4cccs4)nc3s2)cc1. The first-order valence-corrected chi connectivity index (χ1v) is 8.98. The molecule has 4 rings (SSSR count).